The maximum absolute atomic E-state index is 12.8. The molecule has 0 atom stereocenters. The molecule has 0 heterocycles. The van der Waals surface area contributed by atoms with Crippen LogP contribution in [-0.2, 0) is 4.79 Å². The standard InChI is InChI=1S/C11H9F2NOS/c1-2-5-14-11(15)7-16-8-3-4-9(12)10(13)6-8/h1,3-4,6H,5,7H2,(H,14,15). The fourth-order valence-electron chi connectivity index (χ4n) is 0.916. The Morgan fingerprint density at radius 1 is 1.44 bits per heavy atom. The third-order valence-corrected chi connectivity index (χ3v) is 2.64. The predicted molar refractivity (Wildman–Crippen MR) is 58.9 cm³/mol. The van der Waals surface area contributed by atoms with Gasteiger partial charge in [-0.2, -0.15) is 0 Å². The van der Waals surface area contributed by atoms with Gasteiger partial charge < -0.3 is 5.32 Å². The third kappa shape index (κ3) is 3.91. The summed E-state index contributed by atoms with van der Waals surface area (Å²) in [7, 11) is 0. The Bertz CT molecular complexity index is 428. The molecule has 1 rings (SSSR count). The number of rotatable bonds is 4. The SMILES string of the molecule is C#CCNC(=O)CSc1ccc(F)c(F)c1. The number of terminal acetylenes is 1. The van der Waals surface area contributed by atoms with Crippen LogP contribution in [0, 0.1) is 24.0 Å². The molecular formula is C11H9F2NOS. The van der Waals surface area contributed by atoms with E-state index >= 15 is 0 Å². The zero-order valence-electron chi connectivity index (χ0n) is 8.30. The number of halogens is 2. The highest BCUT2D eigenvalue weighted by molar-refractivity contribution is 8.00. The Hall–Kier alpha value is -1.54. The molecule has 0 aliphatic heterocycles. The van der Waals surface area contributed by atoms with Crippen LogP contribution in [0.5, 0.6) is 0 Å². The first kappa shape index (κ1) is 12.5. The van der Waals surface area contributed by atoms with Crippen molar-refractivity contribution in [3.8, 4) is 12.3 Å². The topological polar surface area (TPSA) is 29.1 Å². The van der Waals surface area contributed by atoms with Crippen LogP contribution in [0.3, 0.4) is 0 Å². The predicted octanol–water partition coefficient (Wildman–Crippen LogP) is 1.81. The maximum atomic E-state index is 12.8. The Kier molecular flexibility index (Phi) is 4.80. The minimum atomic E-state index is -0.922. The number of carbonyl (C=O) groups is 1. The second-order valence-corrected chi connectivity index (χ2v) is 3.89. The maximum Gasteiger partial charge on any atom is 0.231 e. The molecule has 2 nitrogen and oxygen atoms in total. The van der Waals surface area contributed by atoms with E-state index in [-0.39, 0.29) is 18.2 Å². The molecule has 0 aliphatic rings. The van der Waals surface area contributed by atoms with E-state index in [2.05, 4.69) is 11.2 Å². The van der Waals surface area contributed by atoms with Gasteiger partial charge >= 0.3 is 0 Å². The van der Waals surface area contributed by atoms with E-state index in [9.17, 15) is 13.6 Å². The Morgan fingerprint density at radius 3 is 2.81 bits per heavy atom. The highest BCUT2D eigenvalue weighted by Crippen LogP contribution is 2.19. The van der Waals surface area contributed by atoms with Crippen LogP contribution in [-0.4, -0.2) is 18.2 Å². The summed E-state index contributed by atoms with van der Waals surface area (Å²) in [6, 6.07) is 3.49. The number of hydrogen-bond acceptors (Lipinski definition) is 2. The highest BCUT2D eigenvalue weighted by Gasteiger charge is 2.05. The average Bonchev–Trinajstić information content (AvgIpc) is 2.28. The second-order valence-electron chi connectivity index (χ2n) is 2.85. The monoisotopic (exact) mass is 241 g/mol. The van der Waals surface area contributed by atoms with Gasteiger partial charge in [-0.15, -0.1) is 18.2 Å². The third-order valence-electron chi connectivity index (χ3n) is 1.65. The summed E-state index contributed by atoms with van der Waals surface area (Å²) in [5, 5.41) is 2.46. The molecule has 0 radical (unpaired) electrons. The van der Waals surface area contributed by atoms with Crippen molar-refractivity contribution in [2.24, 2.45) is 0 Å². The van der Waals surface area contributed by atoms with E-state index in [1.165, 1.54) is 6.07 Å². The van der Waals surface area contributed by atoms with E-state index in [0.29, 0.717) is 4.90 Å². The summed E-state index contributed by atoms with van der Waals surface area (Å²) >= 11 is 1.11. The van der Waals surface area contributed by atoms with E-state index < -0.39 is 11.6 Å². The van der Waals surface area contributed by atoms with Crippen LogP contribution in [0.25, 0.3) is 0 Å². The minimum Gasteiger partial charge on any atom is -0.344 e. The summed E-state index contributed by atoms with van der Waals surface area (Å²) in [6.45, 7) is 0.164. The fraction of sp³-hybridized carbons (Fsp3) is 0.182. The Labute approximate surface area is 96.4 Å². The van der Waals surface area contributed by atoms with Gasteiger partial charge in [-0.1, -0.05) is 5.92 Å². The van der Waals surface area contributed by atoms with Crippen LogP contribution >= 0.6 is 11.8 Å². The molecule has 1 aromatic rings. The van der Waals surface area contributed by atoms with Gasteiger partial charge in [-0.3, -0.25) is 4.79 Å². The lowest BCUT2D eigenvalue weighted by molar-refractivity contribution is -0.118. The first-order valence-corrected chi connectivity index (χ1v) is 5.40. The summed E-state index contributed by atoms with van der Waals surface area (Å²) in [5.41, 5.74) is 0. The first-order chi connectivity index (χ1) is 7.63. The van der Waals surface area contributed by atoms with Gasteiger partial charge in [0.1, 0.15) is 0 Å². The van der Waals surface area contributed by atoms with Crippen molar-refractivity contribution in [3.63, 3.8) is 0 Å². The lowest BCUT2D eigenvalue weighted by Gasteiger charge is -2.02. The average molecular weight is 241 g/mol. The highest BCUT2D eigenvalue weighted by atomic mass is 32.2. The summed E-state index contributed by atoms with van der Waals surface area (Å²) in [4.78, 5) is 11.6. The van der Waals surface area contributed by atoms with Crippen molar-refractivity contribution in [1.82, 2.24) is 5.32 Å². The van der Waals surface area contributed by atoms with Crippen LogP contribution in [0.1, 0.15) is 0 Å². The first-order valence-electron chi connectivity index (χ1n) is 4.41. The molecule has 1 aromatic carbocycles. The molecular weight excluding hydrogens is 232 g/mol. The van der Waals surface area contributed by atoms with Crippen LogP contribution in [0.4, 0.5) is 8.78 Å². The number of thioether (sulfide) groups is 1. The van der Waals surface area contributed by atoms with Crippen molar-refractivity contribution in [3.05, 3.63) is 29.8 Å². The Morgan fingerprint density at radius 2 is 2.19 bits per heavy atom. The van der Waals surface area contributed by atoms with Gasteiger partial charge in [0, 0.05) is 4.90 Å². The molecule has 0 aliphatic carbocycles. The molecule has 0 unspecified atom stereocenters. The van der Waals surface area contributed by atoms with Gasteiger partial charge in [-0.25, -0.2) is 8.78 Å². The largest absolute Gasteiger partial charge is 0.344 e. The number of amides is 1. The number of hydrogen-bond donors (Lipinski definition) is 1. The number of benzene rings is 1. The van der Waals surface area contributed by atoms with Crippen LogP contribution < -0.4 is 5.32 Å². The van der Waals surface area contributed by atoms with Gasteiger partial charge in [0.05, 0.1) is 12.3 Å². The van der Waals surface area contributed by atoms with E-state index in [4.69, 9.17) is 6.42 Å². The molecule has 0 spiro atoms. The van der Waals surface area contributed by atoms with Gasteiger partial charge in [0.25, 0.3) is 0 Å². The number of nitrogens with one attached hydrogen (secondary N) is 1. The molecule has 5 heteroatoms. The van der Waals surface area contributed by atoms with Crippen molar-refractivity contribution < 1.29 is 13.6 Å². The molecule has 0 aromatic heterocycles. The van der Waals surface area contributed by atoms with Gasteiger partial charge in [0.2, 0.25) is 5.91 Å². The molecule has 1 N–H and O–H groups in total. The van der Waals surface area contributed by atoms with Gasteiger partial charge in [-0.05, 0) is 18.2 Å². The summed E-state index contributed by atoms with van der Waals surface area (Å²) in [6.07, 6.45) is 4.96. The number of carbonyl (C=O) groups excluding carboxylic acids is 1. The van der Waals surface area contributed by atoms with Crippen LogP contribution in [0.2, 0.25) is 0 Å². The second kappa shape index (κ2) is 6.13. The minimum absolute atomic E-state index is 0.118. The Balaban J connectivity index is 2.46. The van der Waals surface area contributed by atoms with Crippen LogP contribution in [0.15, 0.2) is 23.1 Å². The lowest BCUT2D eigenvalue weighted by Crippen LogP contribution is -2.25. The zero-order valence-corrected chi connectivity index (χ0v) is 9.11. The zero-order chi connectivity index (χ0) is 12.0. The normalized spacial score (nSPS) is 9.56. The fourth-order valence-corrected chi connectivity index (χ4v) is 1.67. The molecule has 0 saturated heterocycles. The van der Waals surface area contributed by atoms with Gasteiger partial charge in [0.15, 0.2) is 11.6 Å². The van der Waals surface area contributed by atoms with Crippen molar-refractivity contribution >= 4 is 17.7 Å². The molecule has 84 valence electrons. The van der Waals surface area contributed by atoms with E-state index in [1.54, 1.807) is 0 Å². The molecule has 0 saturated carbocycles. The summed E-state index contributed by atoms with van der Waals surface area (Å²) in [5.74, 6) is 0.314. The summed E-state index contributed by atoms with van der Waals surface area (Å²) < 4.78 is 25.4. The smallest absolute Gasteiger partial charge is 0.231 e. The quantitative estimate of drug-likeness (QED) is 0.643. The van der Waals surface area contributed by atoms with Crippen molar-refractivity contribution in [1.29, 1.82) is 0 Å². The molecule has 0 fully saturated rings. The molecule has 16 heavy (non-hydrogen) atoms. The lowest BCUT2D eigenvalue weighted by atomic mass is 10.3. The van der Waals surface area contributed by atoms with Crippen molar-refractivity contribution in [2.75, 3.05) is 12.3 Å². The van der Waals surface area contributed by atoms with Crippen molar-refractivity contribution in [2.45, 2.75) is 4.90 Å². The van der Waals surface area contributed by atoms with E-state index in [0.717, 1.165) is 23.9 Å². The molecule has 1 amide bonds. The molecule has 0 bridgehead atoms. The van der Waals surface area contributed by atoms with E-state index in [1.807, 2.05) is 0 Å².